The van der Waals surface area contributed by atoms with E-state index in [1.807, 2.05) is 93.6 Å². The van der Waals surface area contributed by atoms with E-state index in [2.05, 4.69) is 72.8 Å². The molecule has 0 aliphatic carbocycles. The molecule has 0 bridgehead atoms. The molecule has 0 unspecified atom stereocenters. The normalized spacial score (nSPS) is 17.4. The first-order chi connectivity index (χ1) is 32.8. The molecule has 6 aromatic rings. The van der Waals surface area contributed by atoms with E-state index in [1.54, 1.807) is 14.2 Å². The van der Waals surface area contributed by atoms with Crippen molar-refractivity contribution in [2.75, 3.05) is 38.8 Å². The summed E-state index contributed by atoms with van der Waals surface area (Å²) in [6, 6.07) is 24.5. The zero-order valence-corrected chi connectivity index (χ0v) is 43.0. The first-order valence-electron chi connectivity index (χ1n) is 24.2. The van der Waals surface area contributed by atoms with Gasteiger partial charge in [0.1, 0.15) is 55.1 Å². The van der Waals surface area contributed by atoms with Gasteiger partial charge in [0.2, 0.25) is 5.88 Å². The molecule has 2 saturated heterocycles. The minimum atomic E-state index is -2.27. The van der Waals surface area contributed by atoms with Crippen LogP contribution in [0.1, 0.15) is 98.3 Å². The summed E-state index contributed by atoms with van der Waals surface area (Å²) in [6.45, 7) is 21.1. The molecule has 2 aromatic heterocycles. The number of aromatic nitrogens is 3. The van der Waals surface area contributed by atoms with Gasteiger partial charge in [-0.15, -0.1) is 5.54 Å². The van der Waals surface area contributed by atoms with Crippen molar-refractivity contribution >= 4 is 35.6 Å². The largest absolute Gasteiger partial charge is 0.497 e. The average molecular weight is 958 g/mol. The van der Waals surface area contributed by atoms with Crippen molar-refractivity contribution in [2.45, 2.75) is 129 Å². The SMILES string of the molecule is COc1ccc(CN(Cc2ccc(OC)cc2)c2cc3cccc(C#C[Si](C(C)C)(C(C)C)C(C)C)c3c(-c3c(F)cc4c(OC(C)(C)C)nc(OC[C@@]56CCCN5C[C@H](F)C6)nc4c3F)n2)cc1. The Morgan fingerprint density at radius 1 is 0.841 bits per heavy atom. The summed E-state index contributed by atoms with van der Waals surface area (Å²) in [5.74, 6) is 3.72. The summed E-state index contributed by atoms with van der Waals surface area (Å²) in [5, 5.41) is 1.29. The Morgan fingerprint density at radius 3 is 2.04 bits per heavy atom. The highest BCUT2D eigenvalue weighted by Gasteiger charge is 2.49. The Balaban J connectivity index is 1.37. The lowest BCUT2D eigenvalue weighted by atomic mass is 9.95. The molecule has 2 aliphatic heterocycles. The number of nitrogens with zero attached hydrogens (tertiary/aromatic N) is 5. The molecule has 69 heavy (non-hydrogen) atoms. The maximum atomic E-state index is 18.1. The van der Waals surface area contributed by atoms with E-state index in [4.69, 9.17) is 23.9 Å². The molecule has 13 heteroatoms. The Morgan fingerprint density at radius 2 is 1.46 bits per heavy atom. The third-order valence-electron chi connectivity index (χ3n) is 14.2. The molecule has 2 atom stereocenters. The molecule has 2 aliphatic rings. The molecular formula is C56H66F3N5O4Si. The molecule has 2 fully saturated rings. The van der Waals surface area contributed by atoms with Crippen molar-refractivity contribution < 1.29 is 32.1 Å². The van der Waals surface area contributed by atoms with Crippen molar-refractivity contribution in [3.8, 4) is 46.1 Å². The fraction of sp³-hybridized carbons (Fsp3) is 0.446. The fourth-order valence-corrected chi connectivity index (χ4v) is 16.1. The van der Waals surface area contributed by atoms with E-state index in [9.17, 15) is 4.39 Å². The second kappa shape index (κ2) is 19.9. The molecule has 0 radical (unpaired) electrons. The van der Waals surface area contributed by atoms with E-state index in [0.717, 1.165) is 42.0 Å². The third kappa shape index (κ3) is 10.1. The number of rotatable bonds is 15. The molecule has 364 valence electrons. The average Bonchev–Trinajstić information content (AvgIpc) is 3.83. The lowest BCUT2D eigenvalue weighted by Crippen LogP contribution is -2.43. The van der Waals surface area contributed by atoms with Gasteiger partial charge in [0, 0.05) is 37.0 Å². The van der Waals surface area contributed by atoms with Crippen LogP contribution in [-0.4, -0.2) is 79.2 Å². The molecule has 4 aromatic carbocycles. The van der Waals surface area contributed by atoms with Gasteiger partial charge in [0.25, 0.3) is 0 Å². The van der Waals surface area contributed by atoms with Gasteiger partial charge in [-0.1, -0.05) is 83.9 Å². The van der Waals surface area contributed by atoms with Gasteiger partial charge in [-0.05, 0) is 116 Å². The number of alkyl halides is 1. The fourth-order valence-electron chi connectivity index (χ4n) is 10.9. The van der Waals surface area contributed by atoms with Gasteiger partial charge >= 0.3 is 6.01 Å². The summed E-state index contributed by atoms with van der Waals surface area (Å²) in [7, 11) is 0.991. The van der Waals surface area contributed by atoms with Crippen LogP contribution in [0.5, 0.6) is 23.4 Å². The highest BCUT2D eigenvalue weighted by atomic mass is 28.3. The molecule has 0 N–H and O–H groups in total. The van der Waals surface area contributed by atoms with Crippen molar-refractivity contribution in [1.29, 1.82) is 0 Å². The molecule has 0 amide bonds. The Bertz CT molecular complexity index is 2810. The van der Waals surface area contributed by atoms with Gasteiger partial charge in [-0.25, -0.2) is 18.2 Å². The van der Waals surface area contributed by atoms with Crippen LogP contribution in [0.4, 0.5) is 19.0 Å². The van der Waals surface area contributed by atoms with Crippen molar-refractivity contribution in [1.82, 2.24) is 19.9 Å². The van der Waals surface area contributed by atoms with Crippen LogP contribution in [0.2, 0.25) is 16.6 Å². The van der Waals surface area contributed by atoms with E-state index in [0.29, 0.717) is 64.8 Å². The zero-order chi connectivity index (χ0) is 49.4. The number of methoxy groups -OCH3 is 2. The lowest BCUT2D eigenvalue weighted by molar-refractivity contribution is 0.102. The maximum Gasteiger partial charge on any atom is 0.320 e. The van der Waals surface area contributed by atoms with Crippen LogP contribution in [0, 0.1) is 23.1 Å². The van der Waals surface area contributed by atoms with Crippen LogP contribution >= 0.6 is 0 Å². The quantitative estimate of drug-likeness (QED) is 0.0738. The Kier molecular flexibility index (Phi) is 14.3. The maximum absolute atomic E-state index is 18.1. The number of anilines is 1. The summed E-state index contributed by atoms with van der Waals surface area (Å²) in [5.41, 5.74) is 5.73. The molecule has 9 nitrogen and oxygen atoms in total. The highest BCUT2D eigenvalue weighted by molar-refractivity contribution is 6.90. The van der Waals surface area contributed by atoms with Crippen molar-refractivity contribution in [3.63, 3.8) is 0 Å². The predicted molar refractivity (Wildman–Crippen MR) is 273 cm³/mol. The number of ether oxygens (including phenoxy) is 4. The van der Waals surface area contributed by atoms with E-state index >= 15 is 8.78 Å². The van der Waals surface area contributed by atoms with E-state index in [-0.39, 0.29) is 40.7 Å². The van der Waals surface area contributed by atoms with E-state index < -0.39 is 37.0 Å². The van der Waals surface area contributed by atoms with E-state index in [1.165, 1.54) is 6.07 Å². The first kappa shape index (κ1) is 49.6. The van der Waals surface area contributed by atoms with Crippen LogP contribution in [0.25, 0.3) is 32.9 Å². The molecule has 8 rings (SSSR count). The molecule has 0 saturated carbocycles. The van der Waals surface area contributed by atoms with Gasteiger partial charge in [-0.2, -0.15) is 9.97 Å². The highest BCUT2D eigenvalue weighted by Crippen LogP contribution is 2.44. The Hall–Kier alpha value is -5.84. The predicted octanol–water partition coefficient (Wildman–Crippen LogP) is 13.0. The van der Waals surface area contributed by atoms with Gasteiger partial charge in [-0.3, -0.25) is 4.90 Å². The second-order valence-electron chi connectivity index (χ2n) is 20.8. The molecular weight excluding hydrogens is 892 g/mol. The third-order valence-corrected chi connectivity index (χ3v) is 20.5. The minimum absolute atomic E-state index is 0.0249. The first-order valence-corrected chi connectivity index (χ1v) is 26.5. The van der Waals surface area contributed by atoms with Crippen LogP contribution in [-0.2, 0) is 13.1 Å². The van der Waals surface area contributed by atoms with Crippen LogP contribution < -0.4 is 23.8 Å². The lowest BCUT2D eigenvalue weighted by Gasteiger charge is -2.38. The van der Waals surface area contributed by atoms with Crippen molar-refractivity contribution in [2.24, 2.45) is 0 Å². The summed E-state index contributed by atoms with van der Waals surface area (Å²) < 4.78 is 74.0. The van der Waals surface area contributed by atoms with Gasteiger partial charge < -0.3 is 23.8 Å². The molecule has 4 heterocycles. The topological polar surface area (TPSA) is 82.1 Å². The monoisotopic (exact) mass is 957 g/mol. The number of pyridine rings is 1. The number of fused-ring (bicyclic) bond motifs is 3. The van der Waals surface area contributed by atoms with Crippen LogP contribution in [0.3, 0.4) is 0 Å². The standard InChI is InChI=1S/C56H66F3N5O4Si/c1-35(2)69(36(3)4,37(5)6)27-24-40-14-12-15-41-28-47(63(31-38-16-20-43(65-10)21-17-38)32-39-18-22-44(66-11)23-19-39)60-52(48(40)41)49-46(58)29-45-51(50(49)59)61-54(62-53(45)68-55(7,8)9)67-34-56-25-13-26-64(56)33-42(57)30-56/h12,14-23,28-29,35-37,42H,13,25-26,30-34H2,1-11H3/t42-,56+/m1/s1. The molecule has 0 spiro atoms. The Labute approximate surface area is 406 Å². The summed E-state index contributed by atoms with van der Waals surface area (Å²) in [6.07, 6.45) is 1.05. The minimum Gasteiger partial charge on any atom is -0.497 e. The van der Waals surface area contributed by atoms with Gasteiger partial charge in [0.15, 0.2) is 5.82 Å². The number of hydrogen-bond donors (Lipinski definition) is 0. The second-order valence-corrected chi connectivity index (χ2v) is 26.3. The van der Waals surface area contributed by atoms with Crippen molar-refractivity contribution in [3.05, 3.63) is 107 Å². The zero-order valence-electron chi connectivity index (χ0n) is 42.0. The van der Waals surface area contributed by atoms with Crippen LogP contribution in [0.15, 0.2) is 78.9 Å². The summed E-state index contributed by atoms with van der Waals surface area (Å²) >= 11 is 0. The van der Waals surface area contributed by atoms with Gasteiger partial charge in [0.05, 0.1) is 36.4 Å². The summed E-state index contributed by atoms with van der Waals surface area (Å²) in [4.78, 5) is 18.8. The number of benzene rings is 4. The number of hydrogen-bond acceptors (Lipinski definition) is 9. The number of halogens is 3. The smallest absolute Gasteiger partial charge is 0.320 e.